The predicted octanol–water partition coefficient (Wildman–Crippen LogP) is 2.29. The van der Waals surface area contributed by atoms with Gasteiger partial charge in [0.25, 0.3) is 0 Å². The first-order valence-electron chi connectivity index (χ1n) is 5.25. The molecule has 0 aliphatic carbocycles. The second-order valence-electron chi connectivity index (χ2n) is 4.27. The standard InChI is InChI=1S/C10H13ClN4OS/c1-5(2)4-15-7(8(12)14-10(15)16)9-13-3-6(11)17-9/h3,5,7H,4H2,1-2H3,(H2,12,14,16). The van der Waals surface area contributed by atoms with Gasteiger partial charge in [-0.05, 0) is 5.92 Å². The van der Waals surface area contributed by atoms with Crippen LogP contribution >= 0.6 is 22.9 Å². The summed E-state index contributed by atoms with van der Waals surface area (Å²) in [5, 5.41) is 0.711. The Morgan fingerprint density at radius 2 is 2.35 bits per heavy atom. The lowest BCUT2D eigenvalue weighted by Gasteiger charge is -2.24. The summed E-state index contributed by atoms with van der Waals surface area (Å²) in [6.07, 6.45) is 1.56. The molecule has 5 nitrogen and oxygen atoms in total. The third-order valence-electron chi connectivity index (χ3n) is 2.35. The normalized spacial score (nSPS) is 20.2. The van der Waals surface area contributed by atoms with E-state index in [1.807, 2.05) is 13.8 Å². The van der Waals surface area contributed by atoms with Gasteiger partial charge in [0.15, 0.2) is 0 Å². The van der Waals surface area contributed by atoms with Gasteiger partial charge in [0.05, 0.1) is 6.20 Å². The Kier molecular flexibility index (Phi) is 3.35. The minimum absolute atomic E-state index is 0.293. The number of halogens is 1. The van der Waals surface area contributed by atoms with Crippen molar-refractivity contribution in [3.05, 3.63) is 15.5 Å². The van der Waals surface area contributed by atoms with E-state index in [0.29, 0.717) is 27.6 Å². The summed E-state index contributed by atoms with van der Waals surface area (Å²) in [7, 11) is 0. The molecule has 0 fully saturated rings. The maximum Gasteiger partial charge on any atom is 0.346 e. The number of hydrogen-bond acceptors (Lipinski definition) is 4. The first kappa shape index (κ1) is 12.3. The molecule has 1 atom stereocenters. The highest BCUT2D eigenvalue weighted by Gasteiger charge is 2.36. The van der Waals surface area contributed by atoms with E-state index >= 15 is 0 Å². The molecule has 17 heavy (non-hydrogen) atoms. The molecule has 0 aromatic carbocycles. The summed E-state index contributed by atoms with van der Waals surface area (Å²) in [5.41, 5.74) is 5.79. The molecule has 7 heteroatoms. The zero-order valence-corrected chi connectivity index (χ0v) is 11.1. The second kappa shape index (κ2) is 4.62. The number of aliphatic imine (C=N–C) groups is 1. The number of nitrogens with two attached hydrogens (primary N) is 1. The minimum atomic E-state index is -0.359. The zero-order chi connectivity index (χ0) is 12.6. The Morgan fingerprint density at radius 3 is 2.88 bits per heavy atom. The van der Waals surface area contributed by atoms with Crippen LogP contribution in [0.2, 0.25) is 4.34 Å². The number of nitrogens with zero attached hydrogens (tertiary/aromatic N) is 3. The van der Waals surface area contributed by atoms with Crippen LogP contribution in [0.3, 0.4) is 0 Å². The molecule has 2 heterocycles. The first-order valence-corrected chi connectivity index (χ1v) is 6.44. The molecule has 2 amide bonds. The van der Waals surface area contributed by atoms with E-state index in [9.17, 15) is 4.79 Å². The smallest absolute Gasteiger partial charge is 0.346 e. The van der Waals surface area contributed by atoms with Crippen LogP contribution in [0.25, 0.3) is 0 Å². The molecule has 1 aliphatic rings. The van der Waals surface area contributed by atoms with Crippen LogP contribution in [-0.4, -0.2) is 28.3 Å². The summed E-state index contributed by atoms with van der Waals surface area (Å²) in [4.78, 5) is 21.3. The summed E-state index contributed by atoms with van der Waals surface area (Å²) < 4.78 is 0.580. The Balaban J connectivity index is 2.29. The highest BCUT2D eigenvalue weighted by Crippen LogP contribution is 2.32. The molecule has 2 N–H and O–H groups in total. The number of amides is 2. The van der Waals surface area contributed by atoms with Crippen molar-refractivity contribution >= 4 is 34.8 Å². The Labute approximate surface area is 108 Å². The Morgan fingerprint density at radius 1 is 1.65 bits per heavy atom. The molecule has 92 valence electrons. The van der Waals surface area contributed by atoms with Gasteiger partial charge in [-0.2, -0.15) is 4.99 Å². The average molecular weight is 273 g/mol. The van der Waals surface area contributed by atoms with Crippen molar-refractivity contribution < 1.29 is 4.79 Å². The number of urea groups is 1. The van der Waals surface area contributed by atoms with Crippen molar-refractivity contribution in [3.63, 3.8) is 0 Å². The predicted molar refractivity (Wildman–Crippen MR) is 68.4 cm³/mol. The molecule has 1 unspecified atom stereocenters. The van der Waals surface area contributed by atoms with Gasteiger partial charge < -0.3 is 10.6 Å². The molecule has 1 aromatic rings. The van der Waals surface area contributed by atoms with E-state index in [4.69, 9.17) is 17.3 Å². The molecule has 1 aliphatic heterocycles. The number of thiazole rings is 1. The van der Waals surface area contributed by atoms with Crippen molar-refractivity contribution in [1.82, 2.24) is 9.88 Å². The maximum atomic E-state index is 11.7. The van der Waals surface area contributed by atoms with Crippen LogP contribution in [0.1, 0.15) is 24.9 Å². The summed E-state index contributed by atoms with van der Waals surface area (Å²) >= 11 is 7.17. The molecule has 0 spiro atoms. The van der Waals surface area contributed by atoms with Crippen molar-refractivity contribution in [3.8, 4) is 0 Å². The maximum absolute atomic E-state index is 11.7. The van der Waals surface area contributed by atoms with E-state index in [1.54, 1.807) is 11.1 Å². The largest absolute Gasteiger partial charge is 0.385 e. The molecular formula is C10H13ClN4OS. The Hall–Kier alpha value is -1.14. The molecular weight excluding hydrogens is 260 g/mol. The van der Waals surface area contributed by atoms with E-state index in [2.05, 4.69) is 9.98 Å². The number of carbonyl (C=O) groups is 1. The topological polar surface area (TPSA) is 71.6 Å². The monoisotopic (exact) mass is 272 g/mol. The zero-order valence-electron chi connectivity index (χ0n) is 9.55. The van der Waals surface area contributed by atoms with Gasteiger partial charge in [-0.1, -0.05) is 25.4 Å². The molecule has 0 saturated heterocycles. The molecule has 0 bridgehead atoms. The third kappa shape index (κ3) is 2.42. The van der Waals surface area contributed by atoms with Crippen LogP contribution < -0.4 is 5.73 Å². The minimum Gasteiger partial charge on any atom is -0.385 e. The highest BCUT2D eigenvalue weighted by molar-refractivity contribution is 7.16. The SMILES string of the molecule is CC(C)CN1C(=O)N=C(N)C1c1ncc(Cl)s1. The van der Waals surface area contributed by atoms with E-state index in [1.165, 1.54) is 11.3 Å². The van der Waals surface area contributed by atoms with Crippen molar-refractivity contribution in [1.29, 1.82) is 0 Å². The van der Waals surface area contributed by atoms with Crippen LogP contribution in [-0.2, 0) is 0 Å². The fraction of sp³-hybridized carbons (Fsp3) is 0.500. The Bertz CT molecular complexity index is 471. The molecule has 2 rings (SSSR count). The van der Waals surface area contributed by atoms with E-state index in [-0.39, 0.29) is 12.1 Å². The van der Waals surface area contributed by atoms with Crippen LogP contribution in [0.15, 0.2) is 11.2 Å². The van der Waals surface area contributed by atoms with Crippen molar-refractivity contribution in [2.45, 2.75) is 19.9 Å². The number of rotatable bonds is 3. The number of amidine groups is 1. The first-order chi connectivity index (χ1) is 7.99. The molecule has 0 saturated carbocycles. The number of carbonyl (C=O) groups excluding carboxylic acids is 1. The highest BCUT2D eigenvalue weighted by atomic mass is 35.5. The van der Waals surface area contributed by atoms with E-state index in [0.717, 1.165) is 0 Å². The van der Waals surface area contributed by atoms with Gasteiger partial charge in [0.1, 0.15) is 21.2 Å². The summed E-state index contributed by atoms with van der Waals surface area (Å²) in [6, 6.07) is -0.657. The van der Waals surface area contributed by atoms with E-state index < -0.39 is 0 Å². The van der Waals surface area contributed by atoms with Crippen molar-refractivity contribution in [2.24, 2.45) is 16.6 Å². The summed E-state index contributed by atoms with van der Waals surface area (Å²) in [6.45, 7) is 4.67. The van der Waals surface area contributed by atoms with Gasteiger partial charge in [-0.25, -0.2) is 9.78 Å². The van der Waals surface area contributed by atoms with Gasteiger partial charge in [0.2, 0.25) is 0 Å². The lowest BCUT2D eigenvalue weighted by atomic mass is 10.2. The molecule has 1 aromatic heterocycles. The number of aromatic nitrogens is 1. The van der Waals surface area contributed by atoms with Gasteiger partial charge in [-0.15, -0.1) is 11.3 Å². The lowest BCUT2D eigenvalue weighted by molar-refractivity contribution is 0.198. The summed E-state index contributed by atoms with van der Waals surface area (Å²) in [5.74, 6) is 0.639. The molecule has 0 radical (unpaired) electrons. The quantitative estimate of drug-likeness (QED) is 0.918. The van der Waals surface area contributed by atoms with Gasteiger partial charge >= 0.3 is 6.03 Å². The average Bonchev–Trinajstić information content (AvgIpc) is 2.72. The van der Waals surface area contributed by atoms with Gasteiger partial charge in [-0.3, -0.25) is 0 Å². The fourth-order valence-electron chi connectivity index (χ4n) is 1.74. The number of hydrogen-bond donors (Lipinski definition) is 1. The van der Waals surface area contributed by atoms with Gasteiger partial charge in [0, 0.05) is 6.54 Å². The van der Waals surface area contributed by atoms with Crippen molar-refractivity contribution in [2.75, 3.05) is 6.54 Å². The fourth-order valence-corrected chi connectivity index (χ4v) is 2.79. The van der Waals surface area contributed by atoms with Crippen LogP contribution in [0.5, 0.6) is 0 Å². The van der Waals surface area contributed by atoms with Crippen LogP contribution in [0.4, 0.5) is 4.79 Å². The second-order valence-corrected chi connectivity index (χ2v) is 5.96. The third-order valence-corrected chi connectivity index (χ3v) is 3.52. The lowest BCUT2D eigenvalue weighted by Crippen LogP contribution is -2.35. The van der Waals surface area contributed by atoms with Crippen LogP contribution in [0, 0.1) is 5.92 Å².